The fourth-order valence-electron chi connectivity index (χ4n) is 1.67. The molecule has 19 heavy (non-hydrogen) atoms. The Morgan fingerprint density at radius 1 is 1.37 bits per heavy atom. The molecule has 1 aromatic heterocycles. The van der Waals surface area contributed by atoms with Crippen molar-refractivity contribution in [1.82, 2.24) is 14.3 Å². The Kier molecular flexibility index (Phi) is 3.98. The first-order valence-electron chi connectivity index (χ1n) is 5.69. The minimum atomic E-state index is -3.74. The Morgan fingerprint density at radius 3 is 2.58 bits per heavy atom. The lowest BCUT2D eigenvalue weighted by Gasteiger charge is -2.15. The number of benzene rings is 1. The van der Waals surface area contributed by atoms with Crippen LogP contribution in [0.3, 0.4) is 0 Å². The van der Waals surface area contributed by atoms with Crippen molar-refractivity contribution in [2.24, 2.45) is 7.05 Å². The van der Waals surface area contributed by atoms with Crippen molar-refractivity contribution < 1.29 is 13.5 Å². The van der Waals surface area contributed by atoms with Gasteiger partial charge in [0.2, 0.25) is 0 Å². The minimum absolute atomic E-state index is 0.0654. The first-order chi connectivity index (χ1) is 9.03. The Morgan fingerprint density at radius 2 is 2.05 bits per heavy atom. The molecule has 7 heteroatoms. The molecule has 0 aliphatic heterocycles. The van der Waals surface area contributed by atoms with Gasteiger partial charge in [0.25, 0.3) is 10.0 Å². The maximum absolute atomic E-state index is 12.1. The smallest absolute Gasteiger partial charge is 0.260 e. The first kappa shape index (κ1) is 13.7. The van der Waals surface area contributed by atoms with Crippen molar-refractivity contribution in [3.63, 3.8) is 0 Å². The third-order valence-electron chi connectivity index (χ3n) is 2.64. The lowest BCUT2D eigenvalue weighted by molar-refractivity contribution is 0.259. The second kappa shape index (κ2) is 5.52. The molecule has 0 aliphatic carbocycles. The Bertz CT molecular complexity index is 637. The van der Waals surface area contributed by atoms with E-state index in [0.717, 1.165) is 0 Å². The summed E-state index contributed by atoms with van der Waals surface area (Å²) in [5, 5.41) is 9.28. The van der Waals surface area contributed by atoms with E-state index in [1.807, 2.05) is 6.07 Å². The highest BCUT2D eigenvalue weighted by atomic mass is 32.2. The summed E-state index contributed by atoms with van der Waals surface area (Å²) < 4.78 is 28.2. The van der Waals surface area contributed by atoms with Gasteiger partial charge in [0.05, 0.1) is 19.0 Å². The number of hydrogen-bond acceptors (Lipinski definition) is 4. The molecule has 0 saturated carbocycles. The molecular formula is C12H15N3O3S. The van der Waals surface area contributed by atoms with Crippen molar-refractivity contribution in [1.29, 1.82) is 0 Å². The van der Waals surface area contributed by atoms with Crippen LogP contribution in [0.1, 0.15) is 11.6 Å². The van der Waals surface area contributed by atoms with Crippen molar-refractivity contribution in [3.05, 3.63) is 48.4 Å². The molecule has 6 nitrogen and oxygen atoms in total. The third-order valence-corrected chi connectivity index (χ3v) is 3.99. The van der Waals surface area contributed by atoms with Gasteiger partial charge in [-0.2, -0.15) is 4.72 Å². The van der Waals surface area contributed by atoms with Gasteiger partial charge >= 0.3 is 0 Å². The standard InChI is InChI=1S/C12H15N3O3S/c1-15-7-12(13-9-15)19(17,18)14-11(8-16)10-5-3-2-4-6-10/h2-7,9,11,14,16H,8H2,1H3/t11-/m0/s1. The fourth-order valence-corrected chi connectivity index (χ4v) is 2.87. The maximum atomic E-state index is 12.1. The van der Waals surface area contributed by atoms with E-state index < -0.39 is 16.1 Å². The molecule has 1 heterocycles. The van der Waals surface area contributed by atoms with Gasteiger partial charge in [-0.05, 0) is 5.56 Å². The number of hydrogen-bond donors (Lipinski definition) is 2. The molecule has 0 aliphatic rings. The summed E-state index contributed by atoms with van der Waals surface area (Å²) in [4.78, 5) is 3.80. The highest BCUT2D eigenvalue weighted by molar-refractivity contribution is 7.89. The maximum Gasteiger partial charge on any atom is 0.260 e. The SMILES string of the molecule is Cn1cnc(S(=O)(=O)N[C@@H](CO)c2ccccc2)c1. The van der Waals surface area contributed by atoms with E-state index in [0.29, 0.717) is 5.56 Å². The molecule has 0 amide bonds. The average Bonchev–Trinajstić information content (AvgIpc) is 2.85. The lowest BCUT2D eigenvalue weighted by Crippen LogP contribution is -2.31. The van der Waals surface area contributed by atoms with Gasteiger partial charge < -0.3 is 9.67 Å². The van der Waals surface area contributed by atoms with Gasteiger partial charge in [-0.1, -0.05) is 30.3 Å². The second-order valence-electron chi connectivity index (χ2n) is 4.14. The van der Waals surface area contributed by atoms with E-state index >= 15 is 0 Å². The van der Waals surface area contributed by atoms with E-state index in [1.165, 1.54) is 12.5 Å². The summed E-state index contributed by atoms with van der Waals surface area (Å²) >= 11 is 0. The van der Waals surface area contributed by atoms with E-state index in [4.69, 9.17) is 0 Å². The summed E-state index contributed by atoms with van der Waals surface area (Å²) in [6.45, 7) is -0.323. The van der Waals surface area contributed by atoms with Gasteiger partial charge in [0.1, 0.15) is 0 Å². The highest BCUT2D eigenvalue weighted by Crippen LogP contribution is 2.15. The van der Waals surface area contributed by atoms with Crippen LogP contribution in [0.2, 0.25) is 0 Å². The van der Waals surface area contributed by atoms with Crippen LogP contribution in [0.4, 0.5) is 0 Å². The molecule has 2 aromatic rings. The Labute approximate surface area is 111 Å². The molecule has 0 fully saturated rings. The number of nitrogens with zero attached hydrogens (tertiary/aromatic N) is 2. The van der Waals surface area contributed by atoms with Crippen LogP contribution < -0.4 is 4.72 Å². The second-order valence-corrected chi connectivity index (χ2v) is 5.81. The third kappa shape index (κ3) is 3.19. The molecule has 1 atom stereocenters. The minimum Gasteiger partial charge on any atom is -0.394 e. The number of aliphatic hydroxyl groups is 1. The number of aliphatic hydroxyl groups excluding tert-OH is 1. The first-order valence-corrected chi connectivity index (χ1v) is 7.17. The van der Waals surface area contributed by atoms with Gasteiger partial charge in [-0.15, -0.1) is 0 Å². The number of imidazole rings is 1. The number of sulfonamides is 1. The molecule has 1 aromatic carbocycles. The van der Waals surface area contributed by atoms with Crippen molar-refractivity contribution in [3.8, 4) is 0 Å². The van der Waals surface area contributed by atoms with E-state index in [-0.39, 0.29) is 11.6 Å². The van der Waals surface area contributed by atoms with Gasteiger partial charge in [0.15, 0.2) is 5.03 Å². The Hall–Kier alpha value is -1.70. The zero-order chi connectivity index (χ0) is 13.9. The summed E-state index contributed by atoms with van der Waals surface area (Å²) in [7, 11) is -2.05. The van der Waals surface area contributed by atoms with Crippen LogP contribution >= 0.6 is 0 Å². The van der Waals surface area contributed by atoms with Gasteiger partial charge in [0, 0.05) is 13.2 Å². The molecule has 0 saturated heterocycles. The number of nitrogens with one attached hydrogen (secondary N) is 1. The number of aromatic nitrogens is 2. The van der Waals surface area contributed by atoms with Gasteiger partial charge in [-0.25, -0.2) is 13.4 Å². The normalized spacial score (nSPS) is 13.4. The van der Waals surface area contributed by atoms with Crippen LogP contribution in [0.5, 0.6) is 0 Å². The molecule has 0 bridgehead atoms. The highest BCUT2D eigenvalue weighted by Gasteiger charge is 2.22. The van der Waals surface area contributed by atoms with Crippen LogP contribution in [-0.4, -0.2) is 29.7 Å². The molecular weight excluding hydrogens is 266 g/mol. The van der Waals surface area contributed by atoms with Crippen LogP contribution in [0.15, 0.2) is 47.9 Å². The number of rotatable bonds is 5. The molecule has 0 unspecified atom stereocenters. The zero-order valence-electron chi connectivity index (χ0n) is 10.4. The van der Waals surface area contributed by atoms with Crippen LogP contribution in [0.25, 0.3) is 0 Å². The monoisotopic (exact) mass is 281 g/mol. The molecule has 102 valence electrons. The van der Waals surface area contributed by atoms with E-state index in [1.54, 1.807) is 35.9 Å². The predicted molar refractivity (Wildman–Crippen MR) is 69.8 cm³/mol. The fraction of sp³-hybridized carbons (Fsp3) is 0.250. The van der Waals surface area contributed by atoms with Crippen molar-refractivity contribution in [2.45, 2.75) is 11.1 Å². The summed E-state index contributed by atoms with van der Waals surface area (Å²) in [5.74, 6) is 0. The number of aryl methyl sites for hydroxylation is 1. The summed E-state index contributed by atoms with van der Waals surface area (Å²) in [6, 6.07) is 8.21. The topological polar surface area (TPSA) is 84.2 Å². The molecule has 0 spiro atoms. The molecule has 2 rings (SSSR count). The van der Waals surface area contributed by atoms with E-state index in [9.17, 15) is 13.5 Å². The van der Waals surface area contributed by atoms with Crippen LogP contribution in [-0.2, 0) is 17.1 Å². The Balaban J connectivity index is 2.23. The van der Waals surface area contributed by atoms with Gasteiger partial charge in [-0.3, -0.25) is 0 Å². The largest absolute Gasteiger partial charge is 0.394 e. The predicted octanol–water partition coefficient (Wildman–Crippen LogP) is 0.432. The average molecular weight is 281 g/mol. The van der Waals surface area contributed by atoms with Crippen molar-refractivity contribution in [2.75, 3.05) is 6.61 Å². The lowest BCUT2D eigenvalue weighted by atomic mass is 10.1. The summed E-state index contributed by atoms with van der Waals surface area (Å²) in [5.41, 5.74) is 0.699. The molecule has 0 radical (unpaired) electrons. The summed E-state index contributed by atoms with van der Waals surface area (Å²) in [6.07, 6.45) is 2.81. The van der Waals surface area contributed by atoms with E-state index in [2.05, 4.69) is 9.71 Å². The zero-order valence-corrected chi connectivity index (χ0v) is 11.2. The molecule has 2 N–H and O–H groups in total. The van der Waals surface area contributed by atoms with Crippen molar-refractivity contribution >= 4 is 10.0 Å². The van der Waals surface area contributed by atoms with Crippen LogP contribution in [0, 0.1) is 0 Å². The quantitative estimate of drug-likeness (QED) is 0.832.